The molecule has 0 spiro atoms. The van der Waals surface area contributed by atoms with Crippen molar-refractivity contribution in [1.29, 1.82) is 0 Å². The molecule has 1 rings (SSSR count). The minimum atomic E-state index is 0.743. The van der Waals surface area contributed by atoms with Crippen LogP contribution in [0.1, 0.15) is 11.1 Å². The second-order valence-corrected chi connectivity index (χ2v) is 2.65. The summed E-state index contributed by atoms with van der Waals surface area (Å²) in [6.45, 7) is 3.95. The minimum absolute atomic E-state index is 0.743. The lowest BCUT2D eigenvalue weighted by atomic mass is 10.1. The second kappa shape index (κ2) is 2.82. The molecule has 2 heteroatoms. The molecule has 1 aromatic rings. The van der Waals surface area contributed by atoms with Gasteiger partial charge < -0.3 is 10.5 Å². The van der Waals surface area contributed by atoms with Crippen molar-refractivity contribution < 1.29 is 4.74 Å². The minimum Gasteiger partial charge on any atom is -0.494 e. The number of rotatable bonds is 1. The van der Waals surface area contributed by atoms with Gasteiger partial charge in [-0.15, -0.1) is 0 Å². The van der Waals surface area contributed by atoms with Crippen molar-refractivity contribution >= 4 is 5.69 Å². The number of benzene rings is 1. The highest BCUT2D eigenvalue weighted by molar-refractivity contribution is 5.61. The van der Waals surface area contributed by atoms with Crippen molar-refractivity contribution in [3.63, 3.8) is 0 Å². The van der Waals surface area contributed by atoms with Gasteiger partial charge in [0.25, 0.3) is 0 Å². The molecule has 0 aliphatic carbocycles. The fourth-order valence-corrected chi connectivity index (χ4v) is 1.08. The van der Waals surface area contributed by atoms with E-state index in [1.54, 1.807) is 7.11 Å². The molecular formula is C9H13NO. The summed E-state index contributed by atoms with van der Waals surface area (Å²) in [7, 11) is 1.64. The molecular weight excluding hydrogens is 138 g/mol. The van der Waals surface area contributed by atoms with Crippen LogP contribution >= 0.6 is 0 Å². The van der Waals surface area contributed by atoms with Gasteiger partial charge in [0.05, 0.1) is 12.8 Å². The van der Waals surface area contributed by atoms with Crippen LogP contribution in [0.15, 0.2) is 12.1 Å². The number of nitrogens with two attached hydrogens (primary N) is 1. The molecule has 60 valence electrons. The highest BCUT2D eigenvalue weighted by atomic mass is 16.5. The van der Waals surface area contributed by atoms with Crippen LogP contribution in [0, 0.1) is 13.8 Å². The molecule has 0 aliphatic heterocycles. The van der Waals surface area contributed by atoms with Gasteiger partial charge in [0.2, 0.25) is 0 Å². The van der Waals surface area contributed by atoms with Gasteiger partial charge in [-0.1, -0.05) is 12.1 Å². The number of ether oxygens (including phenoxy) is 1. The zero-order valence-electron chi connectivity index (χ0n) is 7.14. The van der Waals surface area contributed by atoms with Crippen molar-refractivity contribution in [3.8, 4) is 5.75 Å². The summed E-state index contributed by atoms with van der Waals surface area (Å²) in [5.74, 6) is 0.796. The van der Waals surface area contributed by atoms with Crippen LogP contribution in [0.3, 0.4) is 0 Å². The van der Waals surface area contributed by atoms with E-state index < -0.39 is 0 Å². The summed E-state index contributed by atoms with van der Waals surface area (Å²) in [5.41, 5.74) is 8.65. The first-order valence-electron chi connectivity index (χ1n) is 3.56. The van der Waals surface area contributed by atoms with Crippen molar-refractivity contribution in [3.05, 3.63) is 23.3 Å². The Labute approximate surface area is 67.0 Å². The van der Waals surface area contributed by atoms with Crippen LogP contribution in [0.2, 0.25) is 0 Å². The van der Waals surface area contributed by atoms with Gasteiger partial charge in [-0.2, -0.15) is 0 Å². The molecule has 0 bridgehead atoms. The number of nitrogen functional groups attached to an aromatic ring is 1. The van der Waals surface area contributed by atoms with Gasteiger partial charge in [0.1, 0.15) is 5.75 Å². The van der Waals surface area contributed by atoms with Crippen LogP contribution in [0.5, 0.6) is 5.75 Å². The average Bonchev–Trinajstić information content (AvgIpc) is 1.99. The summed E-state index contributed by atoms with van der Waals surface area (Å²) in [4.78, 5) is 0. The monoisotopic (exact) mass is 151 g/mol. The first-order chi connectivity index (χ1) is 5.16. The topological polar surface area (TPSA) is 35.2 Å². The van der Waals surface area contributed by atoms with Crippen molar-refractivity contribution in [2.24, 2.45) is 0 Å². The molecule has 0 radical (unpaired) electrons. The summed E-state index contributed by atoms with van der Waals surface area (Å²) in [6.07, 6.45) is 0. The van der Waals surface area contributed by atoms with Crippen molar-refractivity contribution in [2.75, 3.05) is 12.8 Å². The predicted octanol–water partition coefficient (Wildman–Crippen LogP) is 1.89. The molecule has 0 aromatic heterocycles. The van der Waals surface area contributed by atoms with Crippen LogP contribution in [0.25, 0.3) is 0 Å². The highest BCUT2D eigenvalue weighted by Crippen LogP contribution is 2.28. The lowest BCUT2D eigenvalue weighted by Gasteiger charge is -2.09. The molecule has 0 atom stereocenters. The Morgan fingerprint density at radius 2 is 1.73 bits per heavy atom. The van der Waals surface area contributed by atoms with Crippen LogP contribution < -0.4 is 10.5 Å². The van der Waals surface area contributed by atoms with E-state index in [-0.39, 0.29) is 0 Å². The molecule has 2 nitrogen and oxygen atoms in total. The maximum Gasteiger partial charge on any atom is 0.144 e. The van der Waals surface area contributed by atoms with Gasteiger partial charge in [0, 0.05) is 0 Å². The van der Waals surface area contributed by atoms with E-state index in [0.29, 0.717) is 0 Å². The van der Waals surface area contributed by atoms with E-state index in [2.05, 4.69) is 0 Å². The average molecular weight is 151 g/mol. The molecule has 0 saturated carbocycles. The van der Waals surface area contributed by atoms with Gasteiger partial charge in [-0.05, 0) is 25.0 Å². The Morgan fingerprint density at radius 3 is 2.18 bits per heavy atom. The Kier molecular flexibility index (Phi) is 2.03. The third kappa shape index (κ3) is 1.29. The molecule has 0 aliphatic rings. The van der Waals surface area contributed by atoms with Crippen molar-refractivity contribution in [1.82, 2.24) is 0 Å². The number of anilines is 1. The van der Waals surface area contributed by atoms with E-state index in [1.165, 1.54) is 0 Å². The molecule has 0 unspecified atom stereocenters. The highest BCUT2D eigenvalue weighted by Gasteiger charge is 2.04. The maximum absolute atomic E-state index is 5.77. The zero-order chi connectivity index (χ0) is 8.43. The van der Waals surface area contributed by atoms with Gasteiger partial charge in [-0.3, -0.25) is 0 Å². The molecule has 0 heterocycles. The maximum atomic E-state index is 5.77. The summed E-state index contributed by atoms with van der Waals surface area (Å²) in [5, 5.41) is 0. The van der Waals surface area contributed by atoms with E-state index in [4.69, 9.17) is 10.5 Å². The van der Waals surface area contributed by atoms with Crippen molar-refractivity contribution in [2.45, 2.75) is 13.8 Å². The lowest BCUT2D eigenvalue weighted by Crippen LogP contribution is -1.96. The standard InChI is InChI=1S/C9H13NO/c1-6-4-5-7(2)9(11-3)8(6)10/h4-5H,10H2,1-3H3. The fraction of sp³-hybridized carbons (Fsp3) is 0.333. The van der Waals surface area contributed by atoms with E-state index >= 15 is 0 Å². The SMILES string of the molecule is COc1c(C)ccc(C)c1N. The van der Waals surface area contributed by atoms with Crippen LogP contribution in [-0.4, -0.2) is 7.11 Å². The molecule has 0 saturated heterocycles. The van der Waals surface area contributed by atoms with E-state index in [1.807, 2.05) is 26.0 Å². The van der Waals surface area contributed by atoms with E-state index in [9.17, 15) is 0 Å². The lowest BCUT2D eigenvalue weighted by molar-refractivity contribution is 0.413. The van der Waals surface area contributed by atoms with Crippen LogP contribution in [-0.2, 0) is 0 Å². The fourth-order valence-electron chi connectivity index (χ4n) is 1.08. The molecule has 0 amide bonds. The quantitative estimate of drug-likeness (QED) is 0.622. The molecule has 0 fully saturated rings. The third-order valence-electron chi connectivity index (χ3n) is 1.82. The molecule has 1 aromatic carbocycles. The van der Waals surface area contributed by atoms with E-state index in [0.717, 1.165) is 22.6 Å². The molecule has 2 N–H and O–H groups in total. The third-order valence-corrected chi connectivity index (χ3v) is 1.82. The summed E-state index contributed by atoms with van der Waals surface area (Å²) in [6, 6.07) is 4.00. The normalized spacial score (nSPS) is 9.73. The first-order valence-corrected chi connectivity index (χ1v) is 3.56. The number of methoxy groups -OCH3 is 1. The summed E-state index contributed by atoms with van der Waals surface area (Å²) >= 11 is 0. The number of hydrogen-bond donors (Lipinski definition) is 1. The Balaban J connectivity index is 3.29. The Morgan fingerprint density at radius 1 is 1.18 bits per heavy atom. The zero-order valence-corrected chi connectivity index (χ0v) is 7.14. The van der Waals surface area contributed by atoms with Gasteiger partial charge in [-0.25, -0.2) is 0 Å². The smallest absolute Gasteiger partial charge is 0.144 e. The largest absolute Gasteiger partial charge is 0.494 e. The second-order valence-electron chi connectivity index (χ2n) is 2.65. The Hall–Kier alpha value is -1.18. The number of aryl methyl sites for hydroxylation is 2. The van der Waals surface area contributed by atoms with Gasteiger partial charge >= 0.3 is 0 Å². The number of hydrogen-bond acceptors (Lipinski definition) is 2. The molecule has 11 heavy (non-hydrogen) atoms. The summed E-state index contributed by atoms with van der Waals surface area (Å²) < 4.78 is 5.13. The van der Waals surface area contributed by atoms with Crippen LogP contribution in [0.4, 0.5) is 5.69 Å². The Bertz CT molecular complexity index is 269. The first kappa shape index (κ1) is 7.92. The van der Waals surface area contributed by atoms with Gasteiger partial charge in [0.15, 0.2) is 0 Å². The predicted molar refractivity (Wildman–Crippen MR) is 46.9 cm³/mol.